The van der Waals surface area contributed by atoms with Gasteiger partial charge in [-0.1, -0.05) is 56.5 Å². The van der Waals surface area contributed by atoms with Crippen LogP contribution in [-0.2, 0) is 6.54 Å². The number of carbonyl (C=O) groups is 1. The van der Waals surface area contributed by atoms with Gasteiger partial charge in [-0.05, 0) is 6.42 Å². The SMILES string of the molecule is CCCCCCn1[nH]c(-c2ccccc2)c(C=O)c1=O. The van der Waals surface area contributed by atoms with Gasteiger partial charge in [0.1, 0.15) is 5.56 Å². The van der Waals surface area contributed by atoms with Gasteiger partial charge in [-0.3, -0.25) is 19.4 Å². The molecule has 0 spiro atoms. The van der Waals surface area contributed by atoms with E-state index in [1.165, 1.54) is 6.42 Å². The zero-order valence-electron chi connectivity index (χ0n) is 11.8. The van der Waals surface area contributed by atoms with Crippen molar-refractivity contribution in [2.75, 3.05) is 0 Å². The molecule has 0 atom stereocenters. The first-order valence-corrected chi connectivity index (χ1v) is 7.11. The highest BCUT2D eigenvalue weighted by molar-refractivity contribution is 5.85. The summed E-state index contributed by atoms with van der Waals surface area (Å²) in [6.07, 6.45) is 5.01. The molecule has 0 aliphatic heterocycles. The average molecular weight is 272 g/mol. The van der Waals surface area contributed by atoms with E-state index in [4.69, 9.17) is 0 Å². The topological polar surface area (TPSA) is 54.9 Å². The van der Waals surface area contributed by atoms with Crippen LogP contribution in [0.5, 0.6) is 0 Å². The number of unbranched alkanes of at least 4 members (excludes halogenated alkanes) is 3. The zero-order valence-corrected chi connectivity index (χ0v) is 11.8. The van der Waals surface area contributed by atoms with Crippen molar-refractivity contribution in [2.45, 2.75) is 39.2 Å². The molecule has 0 amide bonds. The Bertz CT molecular complexity index is 611. The van der Waals surface area contributed by atoms with Crippen LogP contribution in [0.25, 0.3) is 11.3 Å². The molecule has 0 fully saturated rings. The minimum Gasteiger partial charge on any atom is -0.298 e. The highest BCUT2D eigenvalue weighted by Crippen LogP contribution is 2.18. The van der Waals surface area contributed by atoms with E-state index < -0.39 is 0 Å². The molecule has 0 unspecified atom stereocenters. The summed E-state index contributed by atoms with van der Waals surface area (Å²) in [5, 5.41) is 3.07. The molecule has 2 rings (SSSR count). The number of nitrogens with one attached hydrogen (secondary N) is 1. The smallest absolute Gasteiger partial charge is 0.277 e. The molecule has 20 heavy (non-hydrogen) atoms. The van der Waals surface area contributed by atoms with Crippen molar-refractivity contribution < 1.29 is 4.79 Å². The Kier molecular flexibility index (Phi) is 4.93. The molecule has 0 aliphatic carbocycles. The number of aldehydes is 1. The number of H-pyrrole nitrogens is 1. The van der Waals surface area contributed by atoms with E-state index >= 15 is 0 Å². The van der Waals surface area contributed by atoms with Crippen LogP contribution in [0.15, 0.2) is 35.1 Å². The lowest BCUT2D eigenvalue weighted by molar-refractivity contribution is 0.112. The number of hydrogen-bond donors (Lipinski definition) is 1. The maximum atomic E-state index is 12.2. The number of hydrogen-bond acceptors (Lipinski definition) is 2. The highest BCUT2D eigenvalue weighted by atomic mass is 16.1. The summed E-state index contributed by atoms with van der Waals surface area (Å²) in [4.78, 5) is 23.3. The van der Waals surface area contributed by atoms with Crippen LogP contribution in [0.3, 0.4) is 0 Å². The molecule has 2 aromatic rings. The number of nitrogens with zero attached hydrogens (tertiary/aromatic N) is 1. The third-order valence-electron chi connectivity index (χ3n) is 3.41. The minimum absolute atomic E-state index is 0.215. The maximum absolute atomic E-state index is 12.2. The van der Waals surface area contributed by atoms with Crippen molar-refractivity contribution in [1.82, 2.24) is 9.78 Å². The van der Waals surface area contributed by atoms with Crippen LogP contribution in [-0.4, -0.2) is 16.1 Å². The Morgan fingerprint density at radius 2 is 1.90 bits per heavy atom. The minimum atomic E-state index is -0.227. The number of aryl methyl sites for hydroxylation is 1. The number of rotatable bonds is 7. The molecule has 1 N–H and O–H groups in total. The summed E-state index contributed by atoms with van der Waals surface area (Å²) >= 11 is 0. The Morgan fingerprint density at radius 3 is 2.55 bits per heavy atom. The summed E-state index contributed by atoms with van der Waals surface area (Å²) in [5.41, 5.74) is 1.46. The molecule has 0 aliphatic rings. The van der Waals surface area contributed by atoms with Crippen LogP contribution in [0, 0.1) is 0 Å². The third kappa shape index (κ3) is 3.07. The van der Waals surface area contributed by atoms with Gasteiger partial charge in [0.25, 0.3) is 5.56 Å². The number of aromatic nitrogens is 2. The molecule has 0 bridgehead atoms. The van der Waals surface area contributed by atoms with Gasteiger partial charge in [-0.25, -0.2) is 0 Å². The fraction of sp³-hybridized carbons (Fsp3) is 0.375. The molecule has 1 aromatic heterocycles. The van der Waals surface area contributed by atoms with Crippen molar-refractivity contribution in [1.29, 1.82) is 0 Å². The van der Waals surface area contributed by atoms with Gasteiger partial charge < -0.3 is 0 Å². The first-order chi connectivity index (χ1) is 9.77. The maximum Gasteiger partial charge on any atom is 0.277 e. The highest BCUT2D eigenvalue weighted by Gasteiger charge is 2.14. The van der Waals surface area contributed by atoms with E-state index in [1.54, 1.807) is 4.68 Å². The number of carbonyl (C=O) groups excluding carboxylic acids is 1. The standard InChI is InChI=1S/C16H20N2O2/c1-2-3-4-8-11-18-16(20)14(12-19)15(17-18)13-9-6-5-7-10-13/h5-7,9-10,12,17H,2-4,8,11H2,1H3. The fourth-order valence-corrected chi connectivity index (χ4v) is 2.29. The molecule has 4 heteroatoms. The lowest BCUT2D eigenvalue weighted by atomic mass is 10.1. The van der Waals surface area contributed by atoms with E-state index in [0.29, 0.717) is 18.5 Å². The summed E-state index contributed by atoms with van der Waals surface area (Å²) in [5.74, 6) is 0. The predicted molar refractivity (Wildman–Crippen MR) is 80.0 cm³/mol. The van der Waals surface area contributed by atoms with Crippen LogP contribution in [0.1, 0.15) is 43.0 Å². The molecule has 0 saturated carbocycles. The summed E-state index contributed by atoms with van der Waals surface area (Å²) in [6.45, 7) is 2.78. The van der Waals surface area contributed by atoms with Crippen LogP contribution >= 0.6 is 0 Å². The third-order valence-corrected chi connectivity index (χ3v) is 3.41. The number of benzene rings is 1. The Labute approximate surface area is 118 Å². The molecule has 4 nitrogen and oxygen atoms in total. The lowest BCUT2D eigenvalue weighted by Crippen LogP contribution is -2.19. The Hall–Kier alpha value is -2.10. The van der Waals surface area contributed by atoms with E-state index in [-0.39, 0.29) is 11.1 Å². The first-order valence-electron chi connectivity index (χ1n) is 7.11. The fourth-order valence-electron chi connectivity index (χ4n) is 2.29. The van der Waals surface area contributed by atoms with Gasteiger partial charge in [0.2, 0.25) is 0 Å². The molecule has 106 valence electrons. The van der Waals surface area contributed by atoms with Gasteiger partial charge in [-0.2, -0.15) is 0 Å². The molecular formula is C16H20N2O2. The molecule has 0 radical (unpaired) electrons. The van der Waals surface area contributed by atoms with E-state index in [2.05, 4.69) is 12.0 Å². The van der Waals surface area contributed by atoms with Crippen molar-refractivity contribution in [3.05, 3.63) is 46.2 Å². The van der Waals surface area contributed by atoms with Crippen molar-refractivity contribution in [2.24, 2.45) is 0 Å². The first kappa shape index (κ1) is 14.3. The largest absolute Gasteiger partial charge is 0.298 e. The van der Waals surface area contributed by atoms with Gasteiger partial charge >= 0.3 is 0 Å². The van der Waals surface area contributed by atoms with Gasteiger partial charge in [0, 0.05) is 12.1 Å². The van der Waals surface area contributed by atoms with Crippen LogP contribution in [0.2, 0.25) is 0 Å². The monoisotopic (exact) mass is 272 g/mol. The van der Waals surface area contributed by atoms with Crippen molar-refractivity contribution in [3.63, 3.8) is 0 Å². The van der Waals surface area contributed by atoms with E-state index in [0.717, 1.165) is 24.8 Å². The molecule has 1 aromatic carbocycles. The summed E-state index contributed by atoms with van der Waals surface area (Å²) < 4.78 is 1.54. The van der Waals surface area contributed by atoms with Gasteiger partial charge in [0.05, 0.1) is 5.69 Å². The van der Waals surface area contributed by atoms with Crippen molar-refractivity contribution >= 4 is 6.29 Å². The second kappa shape index (κ2) is 6.89. The van der Waals surface area contributed by atoms with Crippen LogP contribution < -0.4 is 5.56 Å². The van der Waals surface area contributed by atoms with E-state index in [9.17, 15) is 9.59 Å². The van der Waals surface area contributed by atoms with Gasteiger partial charge in [0.15, 0.2) is 6.29 Å². The number of aromatic amines is 1. The zero-order chi connectivity index (χ0) is 14.4. The molecule has 0 saturated heterocycles. The second-order valence-electron chi connectivity index (χ2n) is 4.90. The molecular weight excluding hydrogens is 252 g/mol. The van der Waals surface area contributed by atoms with Gasteiger partial charge in [-0.15, -0.1) is 0 Å². The lowest BCUT2D eigenvalue weighted by Gasteiger charge is -2.02. The Morgan fingerprint density at radius 1 is 1.15 bits per heavy atom. The molecule has 1 heterocycles. The Balaban J connectivity index is 2.26. The van der Waals surface area contributed by atoms with Crippen molar-refractivity contribution in [3.8, 4) is 11.3 Å². The van der Waals surface area contributed by atoms with E-state index in [1.807, 2.05) is 30.3 Å². The van der Waals surface area contributed by atoms with Crippen LogP contribution in [0.4, 0.5) is 0 Å². The predicted octanol–water partition coefficient (Wildman–Crippen LogP) is 3.24. The quantitative estimate of drug-likeness (QED) is 0.621. The average Bonchev–Trinajstić information content (AvgIpc) is 2.81. The normalized spacial score (nSPS) is 10.7. The second-order valence-corrected chi connectivity index (χ2v) is 4.90. The summed E-state index contributed by atoms with van der Waals surface area (Å²) in [7, 11) is 0. The summed E-state index contributed by atoms with van der Waals surface area (Å²) in [6, 6.07) is 9.46.